The van der Waals surface area contributed by atoms with Gasteiger partial charge in [-0.15, -0.1) is 0 Å². The van der Waals surface area contributed by atoms with Crippen LogP contribution in [-0.2, 0) is 20.3 Å². The Labute approximate surface area is 132 Å². The fourth-order valence-electron chi connectivity index (χ4n) is 0.755. The van der Waals surface area contributed by atoms with Gasteiger partial charge in [0.05, 0.1) is 16.6 Å². The Balaban J connectivity index is 2.51. The number of ether oxygens (including phenoxy) is 1. The molecule has 0 N–H and O–H groups in total. The predicted molar refractivity (Wildman–Crippen MR) is 76.0 cm³/mol. The smallest absolute Gasteiger partial charge is 0.358 e. The molecule has 11 heteroatoms. The summed E-state index contributed by atoms with van der Waals surface area (Å²) in [5.41, 5.74) is 0. The molecule has 1 atom stereocenters. The second-order valence-corrected chi connectivity index (χ2v) is 9.28. The fourth-order valence-corrected chi connectivity index (χ4v) is 5.51. The van der Waals surface area contributed by atoms with Crippen molar-refractivity contribution in [2.75, 3.05) is 12.4 Å². The Morgan fingerprint density at radius 2 is 1.94 bits per heavy atom. The van der Waals surface area contributed by atoms with Gasteiger partial charge in [0.25, 0.3) is 8.54 Å². The van der Waals surface area contributed by atoms with Gasteiger partial charge in [0, 0.05) is 0 Å². The van der Waals surface area contributed by atoms with Crippen molar-refractivity contribution < 1.29 is 13.7 Å². The summed E-state index contributed by atoms with van der Waals surface area (Å²) in [6.45, 7) is -0.202. The van der Waals surface area contributed by atoms with Crippen molar-refractivity contribution in [3.8, 4) is 0 Å². The molecule has 0 aliphatic heterocycles. The van der Waals surface area contributed by atoms with Crippen LogP contribution in [0, 0.1) is 0 Å². The second kappa shape index (κ2) is 6.88. The van der Waals surface area contributed by atoms with Crippen molar-refractivity contribution in [1.82, 2.24) is 0 Å². The van der Waals surface area contributed by atoms with Crippen LogP contribution in [-0.4, -0.2) is 26.3 Å². The molecule has 0 bridgehead atoms. The van der Waals surface area contributed by atoms with Gasteiger partial charge in [-0.3, -0.25) is 9.00 Å². The Hall–Kier alpha value is 0.630. The van der Waals surface area contributed by atoms with Crippen LogP contribution in [0.1, 0.15) is 0 Å². The van der Waals surface area contributed by atoms with Gasteiger partial charge in [0.15, 0.2) is 0 Å². The number of rotatable bonds is 4. The lowest BCUT2D eigenvalue weighted by Gasteiger charge is -2.09. The quantitative estimate of drug-likeness (QED) is 0.451. The molecule has 1 unspecified atom stereocenters. The molecule has 0 fully saturated rings. The van der Waals surface area contributed by atoms with E-state index in [0.29, 0.717) is 0 Å². The second-order valence-electron chi connectivity index (χ2n) is 2.74. The molecule has 0 saturated heterocycles. The Bertz CT molecular complexity index is 517. The molecule has 1 heterocycles. The molecule has 0 aliphatic carbocycles. The SMILES string of the molecule is O=C(OCCS(=O)c1ssc(=O)c1Cl)C(Cl)(Cl)Cl. The van der Waals surface area contributed by atoms with Gasteiger partial charge in [-0.05, 0) is 10.3 Å². The van der Waals surface area contributed by atoms with Crippen LogP contribution >= 0.6 is 67.1 Å². The Kier molecular flexibility index (Phi) is 6.37. The van der Waals surface area contributed by atoms with E-state index in [1.165, 1.54) is 0 Å². The number of esters is 1. The zero-order chi connectivity index (χ0) is 13.9. The number of carbonyl (C=O) groups excluding carboxylic acids is 1. The summed E-state index contributed by atoms with van der Waals surface area (Å²) in [5.74, 6) is -1.08. The molecule has 18 heavy (non-hydrogen) atoms. The maximum absolute atomic E-state index is 11.7. The summed E-state index contributed by atoms with van der Waals surface area (Å²) in [7, 11) is 0.394. The Morgan fingerprint density at radius 3 is 2.39 bits per heavy atom. The van der Waals surface area contributed by atoms with Gasteiger partial charge in [-0.2, -0.15) is 0 Å². The zero-order valence-electron chi connectivity index (χ0n) is 8.28. The maximum Gasteiger partial charge on any atom is 0.358 e. The summed E-state index contributed by atoms with van der Waals surface area (Å²) >= 11 is 21.5. The summed E-state index contributed by atoms with van der Waals surface area (Å²) in [6.07, 6.45) is 0. The van der Waals surface area contributed by atoms with Gasteiger partial charge < -0.3 is 4.74 Å². The minimum absolute atomic E-state index is 0.0289. The number of alkyl halides is 3. The molecule has 0 aromatic carbocycles. The zero-order valence-corrected chi connectivity index (χ0v) is 13.8. The van der Waals surface area contributed by atoms with Gasteiger partial charge in [0.2, 0.25) is 0 Å². The van der Waals surface area contributed by atoms with Crippen LogP contribution in [0.3, 0.4) is 0 Å². The van der Waals surface area contributed by atoms with Crippen LogP contribution in [0.2, 0.25) is 5.02 Å². The number of hydrogen-bond donors (Lipinski definition) is 0. The summed E-state index contributed by atoms with van der Waals surface area (Å²) < 4.78 is 14.1. The van der Waals surface area contributed by atoms with Crippen molar-refractivity contribution in [1.29, 1.82) is 0 Å². The van der Waals surface area contributed by atoms with E-state index in [1.54, 1.807) is 0 Å². The normalized spacial score (nSPS) is 13.3. The highest BCUT2D eigenvalue weighted by atomic mass is 35.6. The maximum atomic E-state index is 11.7. The van der Waals surface area contributed by atoms with Crippen molar-refractivity contribution in [2.24, 2.45) is 0 Å². The van der Waals surface area contributed by atoms with Crippen molar-refractivity contribution in [2.45, 2.75) is 8.00 Å². The van der Waals surface area contributed by atoms with E-state index in [2.05, 4.69) is 4.74 Å². The summed E-state index contributed by atoms with van der Waals surface area (Å²) in [6, 6.07) is 0. The number of halogens is 4. The van der Waals surface area contributed by atoms with E-state index in [9.17, 15) is 13.8 Å². The minimum atomic E-state index is -2.16. The van der Waals surface area contributed by atoms with Crippen LogP contribution in [0.5, 0.6) is 0 Å². The van der Waals surface area contributed by atoms with Crippen LogP contribution < -0.4 is 4.74 Å². The molecule has 0 radical (unpaired) electrons. The van der Waals surface area contributed by atoms with Crippen LogP contribution in [0.25, 0.3) is 0 Å². The molecule has 0 aliphatic rings. The monoisotopic (exact) mass is 388 g/mol. The van der Waals surface area contributed by atoms with E-state index in [-0.39, 0.29) is 26.3 Å². The first-order valence-corrected chi connectivity index (χ1v) is 9.12. The van der Waals surface area contributed by atoms with Crippen LogP contribution in [0.15, 0.2) is 9.00 Å². The molecule has 0 saturated carbocycles. The third kappa shape index (κ3) is 4.63. The lowest BCUT2D eigenvalue weighted by molar-refractivity contribution is -0.141. The van der Waals surface area contributed by atoms with Gasteiger partial charge in [0.1, 0.15) is 15.8 Å². The van der Waals surface area contributed by atoms with Crippen molar-refractivity contribution in [3.05, 3.63) is 14.6 Å². The average Bonchev–Trinajstić information content (AvgIpc) is 2.58. The molecule has 0 amide bonds. The molecular weight excluding hydrogens is 386 g/mol. The topological polar surface area (TPSA) is 60.4 Å². The fraction of sp³-hybridized carbons (Fsp3) is 0.429. The average molecular weight is 390 g/mol. The molecule has 1 aromatic heterocycles. The van der Waals surface area contributed by atoms with Crippen molar-refractivity contribution >= 4 is 83.9 Å². The standard InChI is InChI=1S/C7H4Cl4O4S3/c8-3-4(12)16-17-5(3)18(14)2-1-15-6(13)7(9,10)11/h1-2H2. The van der Waals surface area contributed by atoms with Crippen LogP contribution in [0.4, 0.5) is 0 Å². The predicted octanol–water partition coefficient (Wildman–Crippen LogP) is 2.84. The molecular formula is C7H4Cl4O4S3. The first-order valence-electron chi connectivity index (χ1n) is 4.14. The Morgan fingerprint density at radius 1 is 1.33 bits per heavy atom. The van der Waals surface area contributed by atoms with E-state index < -0.39 is 20.6 Å². The first-order chi connectivity index (χ1) is 8.23. The highest BCUT2D eigenvalue weighted by Crippen LogP contribution is 2.28. The number of carbonyl (C=O) groups is 1. The first kappa shape index (κ1) is 16.7. The lowest BCUT2D eigenvalue weighted by Crippen LogP contribution is -2.23. The van der Waals surface area contributed by atoms with Gasteiger partial charge in [-0.1, -0.05) is 56.7 Å². The molecule has 1 rings (SSSR count). The van der Waals surface area contributed by atoms with E-state index in [1.807, 2.05) is 0 Å². The highest BCUT2D eigenvalue weighted by molar-refractivity contribution is 7.90. The minimum Gasteiger partial charge on any atom is -0.462 e. The van der Waals surface area contributed by atoms with Crippen molar-refractivity contribution in [3.63, 3.8) is 0 Å². The summed E-state index contributed by atoms with van der Waals surface area (Å²) in [5, 5.41) is -0.0592. The molecule has 1 aromatic rings. The third-order valence-electron chi connectivity index (χ3n) is 1.49. The molecule has 102 valence electrons. The van der Waals surface area contributed by atoms with Gasteiger partial charge in [-0.25, -0.2) is 4.79 Å². The highest BCUT2D eigenvalue weighted by Gasteiger charge is 2.32. The van der Waals surface area contributed by atoms with E-state index in [0.717, 1.165) is 20.7 Å². The molecule has 0 spiro atoms. The lowest BCUT2D eigenvalue weighted by atomic mass is 10.7. The summed E-state index contributed by atoms with van der Waals surface area (Å²) in [4.78, 5) is 22.1. The van der Waals surface area contributed by atoms with E-state index in [4.69, 9.17) is 46.4 Å². The third-order valence-corrected chi connectivity index (χ3v) is 6.93. The molecule has 4 nitrogen and oxygen atoms in total. The van der Waals surface area contributed by atoms with Gasteiger partial charge >= 0.3 is 5.97 Å². The van der Waals surface area contributed by atoms with E-state index >= 15 is 0 Å². The largest absolute Gasteiger partial charge is 0.462 e. The number of hydrogen-bond acceptors (Lipinski definition) is 6.